The van der Waals surface area contributed by atoms with Crippen LogP contribution in [0.15, 0.2) is 18.2 Å². The minimum absolute atomic E-state index is 0.0169. The molecule has 2 rings (SSSR count). The van der Waals surface area contributed by atoms with E-state index < -0.39 is 29.7 Å². The Morgan fingerprint density at radius 1 is 1.15 bits per heavy atom. The molecule has 1 atom stereocenters. The summed E-state index contributed by atoms with van der Waals surface area (Å²) in [5.41, 5.74) is -1.16. The van der Waals surface area contributed by atoms with Crippen LogP contribution >= 0.6 is 0 Å². The second-order valence-electron chi connectivity index (χ2n) is 5.74. The van der Waals surface area contributed by atoms with Crippen LogP contribution in [0.25, 0.3) is 0 Å². The number of carboxylic acid groups (broad SMARTS) is 1. The minimum Gasteiger partial charge on any atom is -0.475 e. The summed E-state index contributed by atoms with van der Waals surface area (Å²) in [6.45, 7) is 3.82. The van der Waals surface area contributed by atoms with Gasteiger partial charge in [-0.3, -0.25) is 0 Å². The number of aliphatic carboxylic acids is 1. The molecule has 0 spiro atoms. The Morgan fingerprint density at radius 3 is 2.12 bits per heavy atom. The van der Waals surface area contributed by atoms with Crippen molar-refractivity contribution in [3.63, 3.8) is 0 Å². The van der Waals surface area contributed by atoms with Gasteiger partial charge in [-0.15, -0.1) is 0 Å². The van der Waals surface area contributed by atoms with Crippen molar-refractivity contribution >= 4 is 11.7 Å². The van der Waals surface area contributed by atoms with Crippen LogP contribution < -0.4 is 4.90 Å². The zero-order valence-electron chi connectivity index (χ0n) is 13.8. The van der Waals surface area contributed by atoms with Crippen molar-refractivity contribution < 1.29 is 40.6 Å². The molecule has 4 nitrogen and oxygen atoms in total. The van der Waals surface area contributed by atoms with Gasteiger partial charge in [0.25, 0.3) is 0 Å². The maximum atomic E-state index is 14.0. The number of carboxylic acids is 1. The topological polar surface area (TPSA) is 43.8 Å². The summed E-state index contributed by atoms with van der Waals surface area (Å²) >= 11 is 0. The van der Waals surface area contributed by atoms with Gasteiger partial charge in [0.2, 0.25) is 0 Å². The van der Waals surface area contributed by atoms with E-state index in [1.54, 1.807) is 4.90 Å². The molecule has 1 aromatic carbocycles. The highest BCUT2D eigenvalue weighted by molar-refractivity contribution is 5.73. The van der Waals surface area contributed by atoms with E-state index in [0.29, 0.717) is 19.6 Å². The number of anilines is 1. The second kappa shape index (κ2) is 8.11. The fourth-order valence-electron chi connectivity index (χ4n) is 2.46. The second-order valence-corrected chi connectivity index (χ2v) is 5.74. The van der Waals surface area contributed by atoms with E-state index in [1.807, 2.05) is 14.0 Å². The number of hydrogen-bond donors (Lipinski definition) is 1. The van der Waals surface area contributed by atoms with Crippen molar-refractivity contribution in [1.29, 1.82) is 0 Å². The first-order valence-electron chi connectivity index (χ1n) is 7.36. The molecule has 26 heavy (non-hydrogen) atoms. The standard InChI is InChI=1S/C13H16F4N2.C2HF3O2/c1-9-8-18(2)6-7-19(9)11-5-3-4-10(12(11)14)13(15,16)17;3-2(4,5)1(6)7/h3-5,9H,6-8H2,1-2H3;(H,6,7)/t9-;/m0./s1. The van der Waals surface area contributed by atoms with Gasteiger partial charge in [-0.2, -0.15) is 26.3 Å². The zero-order chi connectivity index (χ0) is 20.3. The van der Waals surface area contributed by atoms with Crippen LogP contribution in [0.3, 0.4) is 0 Å². The lowest BCUT2D eigenvalue weighted by molar-refractivity contribution is -0.192. The van der Waals surface area contributed by atoms with E-state index >= 15 is 0 Å². The Hall–Kier alpha value is -2.04. The molecule has 1 heterocycles. The lowest BCUT2D eigenvalue weighted by Gasteiger charge is -2.40. The quantitative estimate of drug-likeness (QED) is 0.744. The fraction of sp³-hybridized carbons (Fsp3) is 0.533. The van der Waals surface area contributed by atoms with Crippen LogP contribution in [0.4, 0.5) is 36.4 Å². The largest absolute Gasteiger partial charge is 0.490 e. The number of hydrogen-bond acceptors (Lipinski definition) is 3. The lowest BCUT2D eigenvalue weighted by Crippen LogP contribution is -2.50. The first kappa shape index (κ1) is 22.0. The highest BCUT2D eigenvalue weighted by Crippen LogP contribution is 2.35. The summed E-state index contributed by atoms with van der Waals surface area (Å²) in [5, 5.41) is 7.12. The van der Waals surface area contributed by atoms with E-state index in [2.05, 4.69) is 4.90 Å². The molecule has 1 aliphatic heterocycles. The number of benzene rings is 1. The molecule has 1 N–H and O–H groups in total. The Kier molecular flexibility index (Phi) is 6.86. The molecule has 11 heteroatoms. The van der Waals surface area contributed by atoms with E-state index in [4.69, 9.17) is 9.90 Å². The lowest BCUT2D eigenvalue weighted by atomic mass is 10.1. The molecule has 0 unspecified atom stereocenters. The van der Waals surface area contributed by atoms with Gasteiger partial charge in [0, 0.05) is 25.7 Å². The first-order chi connectivity index (χ1) is 11.7. The average Bonchev–Trinajstić information content (AvgIpc) is 2.46. The van der Waals surface area contributed by atoms with Gasteiger partial charge >= 0.3 is 18.3 Å². The number of piperazine rings is 1. The number of nitrogens with zero attached hydrogens (tertiary/aromatic N) is 2. The van der Waals surface area contributed by atoms with Crippen LogP contribution in [0.2, 0.25) is 0 Å². The average molecular weight is 390 g/mol. The predicted octanol–water partition coefficient (Wildman–Crippen LogP) is 3.62. The van der Waals surface area contributed by atoms with Crippen molar-refractivity contribution in [2.24, 2.45) is 0 Å². The molecule has 0 amide bonds. The first-order valence-corrected chi connectivity index (χ1v) is 7.36. The van der Waals surface area contributed by atoms with E-state index in [0.717, 1.165) is 6.07 Å². The molecule has 0 radical (unpaired) electrons. The van der Waals surface area contributed by atoms with Crippen LogP contribution in [0.5, 0.6) is 0 Å². The highest BCUT2D eigenvalue weighted by atomic mass is 19.4. The summed E-state index contributed by atoms with van der Waals surface area (Å²) in [6.07, 6.45) is -9.74. The highest BCUT2D eigenvalue weighted by Gasteiger charge is 2.38. The molecule has 1 aromatic rings. The maximum Gasteiger partial charge on any atom is 0.490 e. The Morgan fingerprint density at radius 2 is 1.69 bits per heavy atom. The summed E-state index contributed by atoms with van der Waals surface area (Å²) in [7, 11) is 1.94. The fourth-order valence-corrected chi connectivity index (χ4v) is 2.46. The van der Waals surface area contributed by atoms with Crippen LogP contribution in [0.1, 0.15) is 12.5 Å². The number of likely N-dealkylation sites (N-methyl/N-ethyl adjacent to an activating group) is 1. The van der Waals surface area contributed by atoms with Crippen LogP contribution in [-0.4, -0.2) is 54.9 Å². The number of rotatable bonds is 1. The molecule has 0 aliphatic carbocycles. The van der Waals surface area contributed by atoms with Gasteiger partial charge in [0.1, 0.15) is 0 Å². The molecule has 0 bridgehead atoms. The zero-order valence-corrected chi connectivity index (χ0v) is 13.8. The third-order valence-corrected chi connectivity index (χ3v) is 3.67. The Balaban J connectivity index is 0.000000412. The van der Waals surface area contributed by atoms with Gasteiger partial charge in [0.05, 0.1) is 11.3 Å². The molecule has 1 aliphatic rings. The van der Waals surface area contributed by atoms with Gasteiger partial charge in [-0.25, -0.2) is 9.18 Å². The Bertz CT molecular complexity index is 631. The van der Waals surface area contributed by atoms with Crippen LogP contribution in [0, 0.1) is 5.82 Å². The van der Waals surface area contributed by atoms with Crippen molar-refractivity contribution in [1.82, 2.24) is 4.90 Å². The number of carbonyl (C=O) groups is 1. The van der Waals surface area contributed by atoms with Crippen LogP contribution in [-0.2, 0) is 11.0 Å². The summed E-state index contributed by atoms with van der Waals surface area (Å²) in [6, 6.07) is 3.43. The maximum absolute atomic E-state index is 14.0. The van der Waals surface area contributed by atoms with Crippen molar-refractivity contribution in [2.45, 2.75) is 25.3 Å². The van der Waals surface area contributed by atoms with Crippen molar-refractivity contribution in [3.8, 4) is 0 Å². The van der Waals surface area contributed by atoms with E-state index in [9.17, 15) is 30.7 Å². The van der Waals surface area contributed by atoms with Crippen molar-refractivity contribution in [3.05, 3.63) is 29.6 Å². The summed E-state index contributed by atoms with van der Waals surface area (Å²) in [5.74, 6) is -3.93. The third kappa shape index (κ3) is 5.75. The number of alkyl halides is 6. The molecule has 1 saturated heterocycles. The molecule has 1 fully saturated rings. The smallest absolute Gasteiger partial charge is 0.475 e. The molecular weight excluding hydrogens is 373 g/mol. The molecule has 148 valence electrons. The summed E-state index contributed by atoms with van der Waals surface area (Å²) in [4.78, 5) is 12.7. The van der Waals surface area contributed by atoms with Crippen molar-refractivity contribution in [2.75, 3.05) is 31.6 Å². The molecular formula is C15H17F7N2O2. The van der Waals surface area contributed by atoms with Gasteiger partial charge < -0.3 is 14.9 Å². The minimum atomic E-state index is -5.08. The van der Waals surface area contributed by atoms with Gasteiger partial charge in [0.15, 0.2) is 5.82 Å². The Labute approximate surface area is 144 Å². The third-order valence-electron chi connectivity index (χ3n) is 3.67. The molecule has 0 saturated carbocycles. The van der Waals surface area contributed by atoms with E-state index in [-0.39, 0.29) is 11.7 Å². The SMILES string of the molecule is C[C@H]1CN(C)CCN1c1cccc(C(F)(F)F)c1F.O=C(O)C(F)(F)F. The van der Waals surface area contributed by atoms with E-state index in [1.165, 1.54) is 12.1 Å². The normalized spacial score (nSPS) is 19.0. The molecule has 0 aromatic heterocycles. The predicted molar refractivity (Wildman–Crippen MR) is 79.4 cm³/mol. The van der Waals surface area contributed by atoms with Gasteiger partial charge in [-0.05, 0) is 26.1 Å². The monoisotopic (exact) mass is 390 g/mol. The number of halogens is 7. The summed E-state index contributed by atoms with van der Waals surface area (Å²) < 4.78 is 83.8. The van der Waals surface area contributed by atoms with Gasteiger partial charge in [-0.1, -0.05) is 6.07 Å².